The van der Waals surface area contributed by atoms with Crippen LogP contribution in [0.4, 0.5) is 0 Å². The zero-order valence-corrected chi connectivity index (χ0v) is 10.2. The second-order valence-electron chi connectivity index (χ2n) is 3.54. The Balaban J connectivity index is 2.07. The van der Waals surface area contributed by atoms with Crippen LogP contribution in [0.2, 0.25) is 4.34 Å². The minimum absolute atomic E-state index is 0.651. The summed E-state index contributed by atoms with van der Waals surface area (Å²) in [6.45, 7) is 0. The lowest BCUT2D eigenvalue weighted by atomic mass is 10.1. The van der Waals surface area contributed by atoms with Crippen LogP contribution in [-0.2, 0) is 0 Å². The van der Waals surface area contributed by atoms with Crippen molar-refractivity contribution < 1.29 is 0 Å². The molecule has 0 aliphatic carbocycles. The van der Waals surface area contributed by atoms with E-state index in [4.69, 9.17) is 16.9 Å². The minimum atomic E-state index is 0.651. The van der Waals surface area contributed by atoms with Crippen LogP contribution in [0.25, 0.3) is 16.2 Å². The molecule has 2 aromatic heterocycles. The van der Waals surface area contributed by atoms with Gasteiger partial charge in [-0.05, 0) is 12.1 Å². The number of hydrogen-bond acceptors (Lipinski definition) is 3. The van der Waals surface area contributed by atoms with E-state index in [2.05, 4.69) is 11.1 Å². The van der Waals surface area contributed by atoms with Gasteiger partial charge in [-0.25, -0.2) is 4.98 Å². The topological polar surface area (TPSA) is 41.1 Å². The van der Waals surface area contributed by atoms with E-state index in [1.165, 1.54) is 11.3 Å². The molecule has 3 aromatic rings. The molecule has 0 saturated heterocycles. The van der Waals surface area contributed by atoms with Crippen molar-refractivity contribution in [3.05, 3.63) is 46.6 Å². The van der Waals surface area contributed by atoms with Crippen molar-refractivity contribution in [3.63, 3.8) is 0 Å². The molecule has 17 heavy (non-hydrogen) atoms. The molecular formula is C12H6ClN3S. The largest absolute Gasteiger partial charge is 0.296 e. The highest BCUT2D eigenvalue weighted by atomic mass is 35.5. The lowest BCUT2D eigenvalue weighted by Gasteiger charge is -1.95. The molecular weight excluding hydrogens is 254 g/mol. The summed E-state index contributed by atoms with van der Waals surface area (Å²) in [5.41, 5.74) is 2.53. The molecule has 0 radical (unpaired) electrons. The van der Waals surface area contributed by atoms with E-state index >= 15 is 0 Å². The fraction of sp³-hybridized carbons (Fsp3) is 0. The first-order valence-corrected chi connectivity index (χ1v) is 6.10. The summed E-state index contributed by atoms with van der Waals surface area (Å²) in [5, 5.41) is 8.73. The molecule has 0 spiro atoms. The number of hydrogen-bond donors (Lipinski definition) is 0. The third kappa shape index (κ3) is 1.80. The molecule has 0 aliphatic heterocycles. The predicted molar refractivity (Wildman–Crippen MR) is 68.2 cm³/mol. The van der Waals surface area contributed by atoms with Gasteiger partial charge in [-0.2, -0.15) is 5.26 Å². The molecule has 82 valence electrons. The van der Waals surface area contributed by atoms with Crippen LogP contribution in [0, 0.1) is 11.3 Å². The number of nitrogens with zero attached hydrogens (tertiary/aromatic N) is 3. The highest BCUT2D eigenvalue weighted by Gasteiger charge is 2.07. The Hall–Kier alpha value is -1.83. The molecule has 1 aromatic carbocycles. The van der Waals surface area contributed by atoms with Crippen molar-refractivity contribution in [1.29, 1.82) is 5.26 Å². The van der Waals surface area contributed by atoms with E-state index in [0.29, 0.717) is 5.56 Å². The third-order valence-corrected chi connectivity index (χ3v) is 3.55. The maximum absolute atomic E-state index is 8.73. The zero-order valence-electron chi connectivity index (χ0n) is 8.59. The zero-order chi connectivity index (χ0) is 11.8. The summed E-state index contributed by atoms with van der Waals surface area (Å²) in [6, 6.07) is 9.46. The standard InChI is InChI=1S/C12H6ClN3S/c13-11-7-16-6-10(15-12(16)17-11)9-3-1-8(5-14)2-4-9/h1-4,6-7H. The normalized spacial score (nSPS) is 10.6. The fourth-order valence-electron chi connectivity index (χ4n) is 1.62. The van der Waals surface area contributed by atoms with Crippen LogP contribution in [-0.4, -0.2) is 9.38 Å². The fourth-order valence-corrected chi connectivity index (χ4v) is 2.63. The summed E-state index contributed by atoms with van der Waals surface area (Å²) >= 11 is 7.32. The van der Waals surface area contributed by atoms with Gasteiger partial charge in [0.2, 0.25) is 0 Å². The minimum Gasteiger partial charge on any atom is -0.296 e. The van der Waals surface area contributed by atoms with E-state index in [1.54, 1.807) is 12.1 Å². The molecule has 0 saturated carbocycles. The van der Waals surface area contributed by atoms with Crippen molar-refractivity contribution in [2.75, 3.05) is 0 Å². The number of thiazole rings is 1. The summed E-state index contributed by atoms with van der Waals surface area (Å²) in [6.07, 6.45) is 3.76. The van der Waals surface area contributed by atoms with E-state index in [9.17, 15) is 0 Å². The van der Waals surface area contributed by atoms with Crippen LogP contribution < -0.4 is 0 Å². The second-order valence-corrected chi connectivity index (χ2v) is 5.18. The average Bonchev–Trinajstić information content (AvgIpc) is 2.86. The smallest absolute Gasteiger partial charge is 0.195 e. The lowest BCUT2D eigenvalue weighted by molar-refractivity contribution is 1.23. The maximum Gasteiger partial charge on any atom is 0.195 e. The monoisotopic (exact) mass is 259 g/mol. The summed E-state index contributed by atoms with van der Waals surface area (Å²) < 4.78 is 2.62. The molecule has 3 nitrogen and oxygen atoms in total. The Bertz CT molecular complexity index is 687. The Labute approximate surface area is 107 Å². The van der Waals surface area contributed by atoms with Gasteiger partial charge >= 0.3 is 0 Å². The molecule has 0 unspecified atom stereocenters. The second kappa shape index (κ2) is 3.88. The number of halogens is 1. The van der Waals surface area contributed by atoms with Gasteiger partial charge in [0.05, 0.1) is 17.3 Å². The van der Waals surface area contributed by atoms with Crippen LogP contribution in [0.3, 0.4) is 0 Å². The summed E-state index contributed by atoms with van der Waals surface area (Å²) in [4.78, 5) is 5.34. The SMILES string of the molecule is N#Cc1ccc(-c2cn3cc(Cl)sc3n2)cc1. The van der Waals surface area contributed by atoms with Crippen LogP contribution in [0.1, 0.15) is 5.56 Å². The predicted octanol–water partition coefficient (Wildman–Crippen LogP) is 3.59. The molecule has 0 amide bonds. The molecule has 0 aliphatic rings. The molecule has 5 heteroatoms. The molecule has 0 bridgehead atoms. The summed E-state index contributed by atoms with van der Waals surface area (Å²) in [5.74, 6) is 0. The van der Waals surface area contributed by atoms with Crippen LogP contribution in [0.15, 0.2) is 36.7 Å². The van der Waals surface area contributed by atoms with E-state index < -0.39 is 0 Å². The Kier molecular flexibility index (Phi) is 2.36. The number of aromatic nitrogens is 2. The van der Waals surface area contributed by atoms with Crippen LogP contribution >= 0.6 is 22.9 Å². The van der Waals surface area contributed by atoms with E-state index in [0.717, 1.165) is 20.6 Å². The quantitative estimate of drug-likeness (QED) is 0.670. The first kappa shape index (κ1) is 10.3. The third-order valence-electron chi connectivity index (χ3n) is 2.44. The van der Waals surface area contributed by atoms with Gasteiger partial charge in [0, 0.05) is 18.0 Å². The highest BCUT2D eigenvalue weighted by Crippen LogP contribution is 2.26. The van der Waals surface area contributed by atoms with Gasteiger partial charge in [0.1, 0.15) is 4.34 Å². The molecule has 2 heterocycles. The average molecular weight is 260 g/mol. The summed E-state index contributed by atoms with van der Waals surface area (Å²) in [7, 11) is 0. The molecule has 0 N–H and O–H groups in total. The first-order valence-electron chi connectivity index (χ1n) is 4.91. The Morgan fingerprint density at radius 3 is 2.65 bits per heavy atom. The van der Waals surface area contributed by atoms with Gasteiger partial charge in [0.25, 0.3) is 0 Å². The van der Waals surface area contributed by atoms with Gasteiger partial charge in [0.15, 0.2) is 4.96 Å². The number of nitriles is 1. The number of benzene rings is 1. The van der Waals surface area contributed by atoms with Crippen LogP contribution in [0.5, 0.6) is 0 Å². The van der Waals surface area contributed by atoms with Gasteiger partial charge in [-0.1, -0.05) is 35.1 Å². The highest BCUT2D eigenvalue weighted by molar-refractivity contribution is 7.20. The van der Waals surface area contributed by atoms with Crippen molar-refractivity contribution in [1.82, 2.24) is 9.38 Å². The maximum atomic E-state index is 8.73. The lowest BCUT2D eigenvalue weighted by Crippen LogP contribution is -1.78. The van der Waals surface area contributed by atoms with Crippen molar-refractivity contribution >= 4 is 27.9 Å². The van der Waals surface area contributed by atoms with Crippen molar-refractivity contribution in [3.8, 4) is 17.3 Å². The molecule has 0 fully saturated rings. The molecule has 3 rings (SSSR count). The van der Waals surface area contributed by atoms with Gasteiger partial charge in [-0.3, -0.25) is 4.40 Å². The van der Waals surface area contributed by atoms with Gasteiger partial charge < -0.3 is 0 Å². The van der Waals surface area contributed by atoms with E-state index in [-0.39, 0.29) is 0 Å². The Morgan fingerprint density at radius 1 is 1.24 bits per heavy atom. The first-order chi connectivity index (χ1) is 8.26. The van der Waals surface area contributed by atoms with Crippen molar-refractivity contribution in [2.24, 2.45) is 0 Å². The number of imidazole rings is 1. The van der Waals surface area contributed by atoms with Crippen molar-refractivity contribution in [2.45, 2.75) is 0 Å². The Morgan fingerprint density at radius 2 is 2.00 bits per heavy atom. The number of rotatable bonds is 1. The van der Waals surface area contributed by atoms with Gasteiger partial charge in [-0.15, -0.1) is 0 Å². The van der Waals surface area contributed by atoms with E-state index in [1.807, 2.05) is 28.9 Å². The molecule has 0 atom stereocenters. The number of fused-ring (bicyclic) bond motifs is 1.